The molecule has 0 unspecified atom stereocenters. The number of likely N-dealkylation sites (tertiary alicyclic amines) is 1. The van der Waals surface area contributed by atoms with Crippen molar-refractivity contribution in [3.05, 3.63) is 29.6 Å². The molecule has 2 rings (SSSR count). The Morgan fingerprint density at radius 1 is 1.35 bits per heavy atom. The molecule has 1 fully saturated rings. The van der Waals surface area contributed by atoms with E-state index in [2.05, 4.69) is 10.1 Å². The second-order valence-electron chi connectivity index (χ2n) is 5.24. The predicted octanol–water partition coefficient (Wildman–Crippen LogP) is 2.36. The molecule has 2 amide bonds. The summed E-state index contributed by atoms with van der Waals surface area (Å²) in [5, 5.41) is 3.00. The van der Waals surface area contributed by atoms with Crippen LogP contribution < -0.4 is 15.8 Å². The fraction of sp³-hybridized carbons (Fsp3) is 0.500. The first-order chi connectivity index (χ1) is 10.8. The Labute approximate surface area is 130 Å². The summed E-state index contributed by atoms with van der Waals surface area (Å²) in [7, 11) is 0. The van der Waals surface area contributed by atoms with E-state index in [1.807, 2.05) is 0 Å². The second kappa shape index (κ2) is 7.03. The largest absolute Gasteiger partial charge is 0.573 e. The fourth-order valence-electron chi connectivity index (χ4n) is 2.48. The molecule has 0 aliphatic carbocycles. The monoisotopic (exact) mass is 335 g/mol. The van der Waals surface area contributed by atoms with Crippen molar-refractivity contribution >= 4 is 6.03 Å². The van der Waals surface area contributed by atoms with Gasteiger partial charge in [-0.1, -0.05) is 6.07 Å². The van der Waals surface area contributed by atoms with Gasteiger partial charge in [-0.2, -0.15) is 0 Å². The highest BCUT2D eigenvalue weighted by atomic mass is 19.4. The number of alkyl halides is 3. The van der Waals surface area contributed by atoms with Crippen LogP contribution in [0.2, 0.25) is 0 Å². The molecule has 0 saturated carbocycles. The maximum absolute atomic E-state index is 13.8. The second-order valence-corrected chi connectivity index (χ2v) is 5.24. The minimum Gasteiger partial charge on any atom is -0.405 e. The molecule has 0 spiro atoms. The molecule has 128 valence electrons. The van der Waals surface area contributed by atoms with E-state index in [1.54, 1.807) is 0 Å². The van der Waals surface area contributed by atoms with Crippen LogP contribution >= 0.6 is 0 Å². The molecule has 1 saturated heterocycles. The molecular weight excluding hydrogens is 318 g/mol. The van der Waals surface area contributed by atoms with E-state index in [0.717, 1.165) is 18.2 Å². The van der Waals surface area contributed by atoms with Crippen molar-refractivity contribution in [1.29, 1.82) is 0 Å². The SMILES string of the molecule is NC(=O)N1CCC(NCc2c(F)cccc2OC(F)(F)F)CC1. The van der Waals surface area contributed by atoms with Crippen molar-refractivity contribution < 1.29 is 27.1 Å². The molecule has 0 atom stereocenters. The quantitative estimate of drug-likeness (QED) is 0.830. The van der Waals surface area contributed by atoms with E-state index in [-0.39, 0.29) is 18.2 Å². The average molecular weight is 335 g/mol. The van der Waals surface area contributed by atoms with Crippen LogP contribution in [0, 0.1) is 5.82 Å². The Morgan fingerprint density at radius 2 is 2.00 bits per heavy atom. The molecule has 0 radical (unpaired) electrons. The molecular formula is C14H17F4N3O2. The van der Waals surface area contributed by atoms with E-state index in [1.165, 1.54) is 4.90 Å². The van der Waals surface area contributed by atoms with Crippen molar-refractivity contribution in [3.8, 4) is 5.75 Å². The van der Waals surface area contributed by atoms with Crippen LogP contribution in [-0.4, -0.2) is 36.4 Å². The number of nitrogens with one attached hydrogen (secondary N) is 1. The molecule has 1 aromatic rings. The molecule has 0 aromatic heterocycles. The highest BCUT2D eigenvalue weighted by Crippen LogP contribution is 2.28. The maximum Gasteiger partial charge on any atom is 0.573 e. The van der Waals surface area contributed by atoms with E-state index in [4.69, 9.17) is 5.73 Å². The normalized spacial score (nSPS) is 16.4. The predicted molar refractivity (Wildman–Crippen MR) is 74.1 cm³/mol. The van der Waals surface area contributed by atoms with Gasteiger partial charge in [-0.25, -0.2) is 9.18 Å². The van der Waals surface area contributed by atoms with E-state index >= 15 is 0 Å². The van der Waals surface area contributed by atoms with Gasteiger partial charge in [0.1, 0.15) is 11.6 Å². The zero-order valence-corrected chi connectivity index (χ0v) is 12.2. The molecule has 1 heterocycles. The zero-order chi connectivity index (χ0) is 17.0. The summed E-state index contributed by atoms with van der Waals surface area (Å²) in [5.41, 5.74) is 4.99. The van der Waals surface area contributed by atoms with Gasteiger partial charge < -0.3 is 20.7 Å². The molecule has 5 nitrogen and oxygen atoms in total. The third-order valence-electron chi connectivity index (χ3n) is 3.68. The summed E-state index contributed by atoms with van der Waals surface area (Å²) in [6, 6.07) is 2.77. The number of carbonyl (C=O) groups excluding carboxylic acids is 1. The lowest BCUT2D eigenvalue weighted by molar-refractivity contribution is -0.275. The molecule has 9 heteroatoms. The van der Waals surface area contributed by atoms with E-state index in [9.17, 15) is 22.4 Å². The number of primary amides is 1. The van der Waals surface area contributed by atoms with Gasteiger partial charge in [0, 0.05) is 31.2 Å². The highest BCUT2D eigenvalue weighted by Gasteiger charge is 2.32. The Balaban J connectivity index is 1.97. The molecule has 1 aliphatic rings. The maximum atomic E-state index is 13.8. The topological polar surface area (TPSA) is 67.6 Å². The van der Waals surface area contributed by atoms with Gasteiger partial charge in [0.2, 0.25) is 0 Å². The third-order valence-corrected chi connectivity index (χ3v) is 3.68. The van der Waals surface area contributed by atoms with Crippen LogP contribution in [0.5, 0.6) is 5.75 Å². The minimum absolute atomic E-state index is 0.0380. The lowest BCUT2D eigenvalue weighted by atomic mass is 10.0. The number of nitrogens with two attached hydrogens (primary N) is 1. The number of rotatable bonds is 4. The van der Waals surface area contributed by atoms with E-state index in [0.29, 0.717) is 25.9 Å². The van der Waals surface area contributed by atoms with Gasteiger partial charge in [-0.15, -0.1) is 13.2 Å². The van der Waals surface area contributed by atoms with Crippen LogP contribution in [0.3, 0.4) is 0 Å². The summed E-state index contributed by atoms with van der Waals surface area (Å²) in [6.07, 6.45) is -3.70. The molecule has 23 heavy (non-hydrogen) atoms. The van der Waals surface area contributed by atoms with Crippen molar-refractivity contribution in [1.82, 2.24) is 10.2 Å². The van der Waals surface area contributed by atoms with E-state index < -0.39 is 24.0 Å². The smallest absolute Gasteiger partial charge is 0.405 e. The number of amides is 2. The Kier molecular flexibility index (Phi) is 5.30. The number of benzene rings is 1. The summed E-state index contributed by atoms with van der Waals surface area (Å²) >= 11 is 0. The van der Waals surface area contributed by atoms with Gasteiger partial charge in [-0.3, -0.25) is 0 Å². The summed E-state index contributed by atoms with van der Waals surface area (Å²) < 4.78 is 54.7. The number of ether oxygens (including phenoxy) is 1. The standard InChI is InChI=1S/C14H17F4N3O2/c15-11-2-1-3-12(23-14(16,17)18)10(11)8-20-9-4-6-21(7-5-9)13(19)22/h1-3,9,20H,4-8H2,(H2,19,22). The minimum atomic E-state index is -4.88. The number of hydrogen-bond donors (Lipinski definition) is 2. The third kappa shape index (κ3) is 4.98. The van der Waals surface area contributed by atoms with Crippen LogP contribution in [-0.2, 0) is 6.54 Å². The molecule has 1 aromatic carbocycles. The molecule has 1 aliphatic heterocycles. The molecule has 3 N–H and O–H groups in total. The summed E-state index contributed by atoms with van der Waals surface area (Å²) in [4.78, 5) is 12.5. The van der Waals surface area contributed by atoms with Crippen LogP contribution in [0.15, 0.2) is 18.2 Å². The highest BCUT2D eigenvalue weighted by molar-refractivity contribution is 5.72. The average Bonchev–Trinajstić information content (AvgIpc) is 2.45. The van der Waals surface area contributed by atoms with Crippen molar-refractivity contribution in [2.24, 2.45) is 5.73 Å². The first-order valence-corrected chi connectivity index (χ1v) is 7.07. The van der Waals surface area contributed by atoms with Crippen molar-refractivity contribution in [2.75, 3.05) is 13.1 Å². The fourth-order valence-corrected chi connectivity index (χ4v) is 2.48. The van der Waals surface area contributed by atoms with Crippen LogP contribution in [0.4, 0.5) is 22.4 Å². The lowest BCUT2D eigenvalue weighted by Crippen LogP contribution is -2.46. The number of carbonyl (C=O) groups is 1. The number of halogens is 4. The first kappa shape index (κ1) is 17.3. The number of nitrogens with zero attached hydrogens (tertiary/aromatic N) is 1. The lowest BCUT2D eigenvalue weighted by Gasteiger charge is -2.31. The summed E-state index contributed by atoms with van der Waals surface area (Å²) in [5.74, 6) is -1.33. The Hall–Kier alpha value is -2.03. The van der Waals surface area contributed by atoms with Crippen LogP contribution in [0.25, 0.3) is 0 Å². The van der Waals surface area contributed by atoms with Crippen LogP contribution in [0.1, 0.15) is 18.4 Å². The number of urea groups is 1. The Morgan fingerprint density at radius 3 is 2.57 bits per heavy atom. The van der Waals surface area contributed by atoms with Gasteiger partial charge >= 0.3 is 12.4 Å². The van der Waals surface area contributed by atoms with Gasteiger partial charge in [-0.05, 0) is 25.0 Å². The number of piperidine rings is 1. The Bertz CT molecular complexity index is 557. The van der Waals surface area contributed by atoms with Gasteiger partial charge in [0.05, 0.1) is 0 Å². The first-order valence-electron chi connectivity index (χ1n) is 7.07. The van der Waals surface area contributed by atoms with Gasteiger partial charge in [0.25, 0.3) is 0 Å². The zero-order valence-electron chi connectivity index (χ0n) is 12.2. The van der Waals surface area contributed by atoms with Gasteiger partial charge in [0.15, 0.2) is 0 Å². The molecule has 0 bridgehead atoms. The number of hydrogen-bond acceptors (Lipinski definition) is 3. The van der Waals surface area contributed by atoms with Crippen molar-refractivity contribution in [2.45, 2.75) is 31.8 Å². The van der Waals surface area contributed by atoms with Crippen molar-refractivity contribution in [3.63, 3.8) is 0 Å². The summed E-state index contributed by atoms with van der Waals surface area (Å²) in [6.45, 7) is 0.811.